The third-order valence-corrected chi connectivity index (χ3v) is 5.32. The first-order valence-corrected chi connectivity index (χ1v) is 10.7. The van der Waals surface area contributed by atoms with Gasteiger partial charge in [0.2, 0.25) is 10.0 Å². The molecule has 3 N–H and O–H groups in total. The van der Waals surface area contributed by atoms with E-state index >= 15 is 0 Å². The fourth-order valence-corrected chi connectivity index (χ4v) is 3.39. The van der Waals surface area contributed by atoms with Crippen molar-refractivity contribution >= 4 is 27.6 Å². The topological polar surface area (TPSA) is 89.3 Å². The van der Waals surface area contributed by atoms with Crippen LogP contribution < -0.4 is 10.5 Å². The molecule has 5 nitrogen and oxygen atoms in total. The summed E-state index contributed by atoms with van der Waals surface area (Å²) in [5.41, 5.74) is 3.28. The number of carbonyl (C=O) groups excluding carboxylic acids is 1. The van der Waals surface area contributed by atoms with Gasteiger partial charge in [0.15, 0.2) is 0 Å². The number of hydrogen-bond donors (Lipinski definition) is 2. The van der Waals surface area contributed by atoms with Gasteiger partial charge in [-0.15, -0.1) is 0 Å². The second kappa shape index (κ2) is 9.32. The Morgan fingerprint density at radius 2 is 1.45 bits per heavy atom. The van der Waals surface area contributed by atoms with Gasteiger partial charge >= 0.3 is 0 Å². The summed E-state index contributed by atoms with van der Waals surface area (Å²) in [5.74, 6) is -0.166. The normalized spacial score (nSPS) is 11.8. The van der Waals surface area contributed by atoms with Gasteiger partial charge < -0.3 is 5.32 Å². The molecule has 0 aliphatic heterocycles. The zero-order valence-electron chi connectivity index (χ0n) is 15.8. The highest BCUT2D eigenvalue weighted by molar-refractivity contribution is 7.89. The lowest BCUT2D eigenvalue weighted by Crippen LogP contribution is -2.26. The maximum absolute atomic E-state index is 12.8. The lowest BCUT2D eigenvalue weighted by atomic mass is 10.0. The van der Waals surface area contributed by atoms with Crippen LogP contribution in [0.25, 0.3) is 11.6 Å². The number of benzene rings is 3. The molecule has 0 aliphatic rings. The molecular formula is C23H22N2O3S. The third kappa shape index (κ3) is 5.88. The molecule has 0 radical (unpaired) electrons. The number of sulfonamides is 1. The first-order valence-electron chi connectivity index (χ1n) is 9.15. The summed E-state index contributed by atoms with van der Waals surface area (Å²) in [6, 6.07) is 25.5. The summed E-state index contributed by atoms with van der Waals surface area (Å²) < 4.78 is 22.6. The molecule has 0 spiro atoms. The van der Waals surface area contributed by atoms with Crippen LogP contribution in [0.2, 0.25) is 0 Å². The molecule has 0 saturated carbocycles. The van der Waals surface area contributed by atoms with Gasteiger partial charge in [0.25, 0.3) is 5.91 Å². The maximum atomic E-state index is 12.8. The van der Waals surface area contributed by atoms with Gasteiger partial charge in [-0.05, 0) is 41.3 Å². The van der Waals surface area contributed by atoms with Crippen LogP contribution in [-0.4, -0.2) is 20.9 Å². The monoisotopic (exact) mass is 406 g/mol. The largest absolute Gasteiger partial charge is 0.352 e. The van der Waals surface area contributed by atoms with E-state index in [-0.39, 0.29) is 10.8 Å². The first-order chi connectivity index (χ1) is 13.9. The predicted molar refractivity (Wildman–Crippen MR) is 115 cm³/mol. The molecule has 0 fully saturated rings. The van der Waals surface area contributed by atoms with E-state index in [1.54, 1.807) is 12.1 Å². The SMILES string of the molecule is NS(=O)(=O)c1ccc(CCNC(=O)/C(=C/c2ccccc2)c2ccccc2)cc1. The second-order valence-corrected chi connectivity index (χ2v) is 8.09. The maximum Gasteiger partial charge on any atom is 0.251 e. The molecule has 148 valence electrons. The molecule has 0 atom stereocenters. The molecule has 3 rings (SSSR count). The number of amides is 1. The third-order valence-electron chi connectivity index (χ3n) is 4.39. The average Bonchev–Trinajstić information content (AvgIpc) is 2.73. The average molecular weight is 407 g/mol. The molecule has 6 heteroatoms. The molecule has 0 bridgehead atoms. The minimum Gasteiger partial charge on any atom is -0.352 e. The quantitative estimate of drug-likeness (QED) is 0.466. The molecule has 0 saturated heterocycles. The molecule has 1 amide bonds. The highest BCUT2D eigenvalue weighted by Crippen LogP contribution is 2.18. The first kappa shape index (κ1) is 20.5. The fraction of sp³-hybridized carbons (Fsp3) is 0.0870. The summed E-state index contributed by atoms with van der Waals surface area (Å²) in [4.78, 5) is 12.9. The van der Waals surface area contributed by atoms with Crippen LogP contribution in [0.3, 0.4) is 0 Å². The van der Waals surface area contributed by atoms with E-state index in [0.717, 1.165) is 16.7 Å². The van der Waals surface area contributed by atoms with E-state index in [1.807, 2.05) is 66.7 Å². The minimum absolute atomic E-state index is 0.0717. The number of nitrogens with one attached hydrogen (secondary N) is 1. The Hall–Kier alpha value is -3.22. The van der Waals surface area contributed by atoms with E-state index in [9.17, 15) is 13.2 Å². The molecule has 29 heavy (non-hydrogen) atoms. The zero-order valence-corrected chi connectivity index (χ0v) is 16.6. The summed E-state index contributed by atoms with van der Waals surface area (Å²) in [7, 11) is -3.70. The van der Waals surface area contributed by atoms with Gasteiger partial charge in [0, 0.05) is 12.1 Å². The highest BCUT2D eigenvalue weighted by Gasteiger charge is 2.12. The van der Waals surface area contributed by atoms with E-state index < -0.39 is 10.0 Å². The van der Waals surface area contributed by atoms with Gasteiger partial charge in [0.05, 0.1) is 4.90 Å². The fourth-order valence-electron chi connectivity index (χ4n) is 2.88. The van der Waals surface area contributed by atoms with E-state index in [0.29, 0.717) is 18.5 Å². The molecular weight excluding hydrogens is 384 g/mol. The van der Waals surface area contributed by atoms with Crippen LogP contribution >= 0.6 is 0 Å². The molecule has 0 unspecified atom stereocenters. The summed E-state index contributed by atoms with van der Waals surface area (Å²) in [5, 5.41) is 8.05. The van der Waals surface area contributed by atoms with Crippen LogP contribution in [-0.2, 0) is 21.2 Å². The number of rotatable bonds is 7. The van der Waals surface area contributed by atoms with Crippen molar-refractivity contribution in [3.63, 3.8) is 0 Å². The van der Waals surface area contributed by atoms with Crippen LogP contribution in [0, 0.1) is 0 Å². The van der Waals surface area contributed by atoms with Crippen molar-refractivity contribution in [1.29, 1.82) is 0 Å². The Morgan fingerprint density at radius 3 is 2.03 bits per heavy atom. The Balaban J connectivity index is 1.70. The number of carbonyl (C=O) groups is 1. The summed E-state index contributed by atoms with van der Waals surface area (Å²) in [6.45, 7) is 0.423. The standard InChI is InChI=1S/C23H22N2O3S/c24-29(27,28)21-13-11-18(12-14-21)15-16-25-23(26)22(20-9-5-2-6-10-20)17-19-7-3-1-4-8-19/h1-14,17H,15-16H2,(H,25,26)(H2,24,27,28)/b22-17+. The van der Waals surface area contributed by atoms with Crippen LogP contribution in [0.5, 0.6) is 0 Å². The van der Waals surface area contributed by atoms with Crippen molar-refractivity contribution in [2.24, 2.45) is 5.14 Å². The van der Waals surface area contributed by atoms with E-state index in [1.165, 1.54) is 12.1 Å². The van der Waals surface area contributed by atoms with Gasteiger partial charge in [0.1, 0.15) is 0 Å². The van der Waals surface area contributed by atoms with Gasteiger partial charge in [-0.3, -0.25) is 4.79 Å². The van der Waals surface area contributed by atoms with E-state index in [4.69, 9.17) is 5.14 Å². The van der Waals surface area contributed by atoms with Crippen LogP contribution in [0.4, 0.5) is 0 Å². The molecule has 0 aromatic heterocycles. The number of hydrogen-bond acceptors (Lipinski definition) is 3. The Morgan fingerprint density at radius 1 is 0.862 bits per heavy atom. The van der Waals surface area contributed by atoms with Crippen LogP contribution in [0.15, 0.2) is 89.8 Å². The molecule has 3 aromatic carbocycles. The van der Waals surface area contributed by atoms with Crippen molar-refractivity contribution in [1.82, 2.24) is 5.32 Å². The van der Waals surface area contributed by atoms with Crippen molar-refractivity contribution in [2.75, 3.05) is 6.54 Å². The molecule has 0 heterocycles. The van der Waals surface area contributed by atoms with Gasteiger partial charge in [-0.1, -0.05) is 72.8 Å². The highest BCUT2D eigenvalue weighted by atomic mass is 32.2. The number of nitrogens with two attached hydrogens (primary N) is 1. The molecule has 3 aromatic rings. The van der Waals surface area contributed by atoms with Gasteiger partial charge in [-0.2, -0.15) is 0 Å². The lowest BCUT2D eigenvalue weighted by Gasteiger charge is -2.10. The zero-order chi connectivity index (χ0) is 20.7. The van der Waals surface area contributed by atoms with Crippen molar-refractivity contribution in [3.05, 3.63) is 102 Å². The smallest absolute Gasteiger partial charge is 0.251 e. The van der Waals surface area contributed by atoms with E-state index in [2.05, 4.69) is 5.32 Å². The molecule has 0 aliphatic carbocycles. The summed E-state index contributed by atoms with van der Waals surface area (Å²) in [6.07, 6.45) is 2.44. The Kier molecular flexibility index (Phi) is 6.59. The van der Waals surface area contributed by atoms with Crippen LogP contribution in [0.1, 0.15) is 16.7 Å². The Bertz CT molecular complexity index is 1090. The van der Waals surface area contributed by atoms with Gasteiger partial charge in [-0.25, -0.2) is 13.6 Å². The predicted octanol–water partition coefficient (Wildman–Crippen LogP) is 3.23. The van der Waals surface area contributed by atoms with Crippen molar-refractivity contribution in [2.45, 2.75) is 11.3 Å². The Labute approximate surface area is 170 Å². The van der Waals surface area contributed by atoms with Crippen molar-refractivity contribution in [3.8, 4) is 0 Å². The lowest BCUT2D eigenvalue weighted by molar-refractivity contribution is -0.115. The van der Waals surface area contributed by atoms with Crippen molar-refractivity contribution < 1.29 is 13.2 Å². The number of primary sulfonamides is 1. The minimum atomic E-state index is -3.70. The second-order valence-electron chi connectivity index (χ2n) is 6.53. The summed E-state index contributed by atoms with van der Waals surface area (Å²) >= 11 is 0.